The van der Waals surface area contributed by atoms with E-state index >= 15 is 0 Å². The normalized spacial score (nSPS) is 15.6. The second-order valence-electron chi connectivity index (χ2n) is 3.40. The van der Waals surface area contributed by atoms with Crippen molar-refractivity contribution in [2.45, 2.75) is 32.3 Å². The van der Waals surface area contributed by atoms with Crippen LogP contribution in [0.5, 0.6) is 0 Å². The van der Waals surface area contributed by atoms with Gasteiger partial charge in [-0.2, -0.15) is 0 Å². The molecule has 1 rings (SSSR count). The van der Waals surface area contributed by atoms with E-state index in [1.807, 2.05) is 25.1 Å². The average molecular weight is 164 g/mol. The summed E-state index contributed by atoms with van der Waals surface area (Å²) in [4.78, 5) is 0. The Bertz CT molecular complexity index is 216. The number of hydrogen-bond donors (Lipinski definition) is 1. The van der Waals surface area contributed by atoms with Crippen molar-refractivity contribution in [1.82, 2.24) is 0 Å². The van der Waals surface area contributed by atoms with Gasteiger partial charge in [-0.25, -0.2) is 0 Å². The highest BCUT2D eigenvalue weighted by atomic mass is 16.3. The summed E-state index contributed by atoms with van der Waals surface area (Å²) in [5.74, 6) is 0.450. The Kier molecular flexibility index (Phi) is 3.30. The van der Waals surface area contributed by atoms with E-state index in [0.717, 1.165) is 6.42 Å². The van der Waals surface area contributed by atoms with Crippen LogP contribution < -0.4 is 0 Å². The summed E-state index contributed by atoms with van der Waals surface area (Å²) in [6.45, 7) is 3.97. The largest absolute Gasteiger partial charge is 0.393 e. The molecule has 1 heteroatoms. The van der Waals surface area contributed by atoms with E-state index in [9.17, 15) is 5.11 Å². The van der Waals surface area contributed by atoms with Gasteiger partial charge in [0, 0.05) is 0 Å². The standard InChI is InChI=1S/C11H16O/c1-9(8-10(2)12)11-6-4-3-5-7-11/h3-7,9-10,12H,8H2,1-2H3/t9?,10-/m0/s1. The quantitative estimate of drug-likeness (QED) is 0.728. The van der Waals surface area contributed by atoms with Crippen LogP contribution in [0.25, 0.3) is 0 Å². The Hall–Kier alpha value is -0.820. The fourth-order valence-corrected chi connectivity index (χ4v) is 1.43. The Morgan fingerprint density at radius 3 is 2.25 bits per heavy atom. The number of benzene rings is 1. The van der Waals surface area contributed by atoms with Gasteiger partial charge in [0.1, 0.15) is 0 Å². The van der Waals surface area contributed by atoms with Crippen molar-refractivity contribution in [1.29, 1.82) is 0 Å². The third-order valence-electron chi connectivity index (χ3n) is 2.06. The molecule has 0 aromatic heterocycles. The summed E-state index contributed by atoms with van der Waals surface area (Å²) in [6.07, 6.45) is 0.629. The van der Waals surface area contributed by atoms with Crippen molar-refractivity contribution >= 4 is 0 Å². The highest BCUT2D eigenvalue weighted by Gasteiger charge is 2.07. The Labute approximate surface area is 74.1 Å². The molecule has 0 amide bonds. The molecular weight excluding hydrogens is 148 g/mol. The first-order valence-electron chi connectivity index (χ1n) is 4.43. The van der Waals surface area contributed by atoms with Crippen LogP contribution in [0, 0.1) is 0 Å². The van der Waals surface area contributed by atoms with Crippen molar-refractivity contribution in [2.75, 3.05) is 0 Å². The lowest BCUT2D eigenvalue weighted by Gasteiger charge is -2.12. The van der Waals surface area contributed by atoms with Crippen LogP contribution in [0.2, 0.25) is 0 Å². The molecule has 66 valence electrons. The van der Waals surface area contributed by atoms with Gasteiger partial charge in [0.05, 0.1) is 6.10 Å². The number of aliphatic hydroxyl groups excluding tert-OH is 1. The molecule has 2 atom stereocenters. The van der Waals surface area contributed by atoms with Gasteiger partial charge < -0.3 is 5.11 Å². The lowest BCUT2D eigenvalue weighted by Crippen LogP contribution is -2.05. The molecule has 1 aromatic rings. The lowest BCUT2D eigenvalue weighted by molar-refractivity contribution is 0.176. The van der Waals surface area contributed by atoms with Crippen LogP contribution in [0.1, 0.15) is 31.7 Å². The van der Waals surface area contributed by atoms with Crippen molar-refractivity contribution < 1.29 is 5.11 Å². The lowest BCUT2D eigenvalue weighted by atomic mass is 9.96. The molecule has 0 saturated carbocycles. The molecule has 0 spiro atoms. The summed E-state index contributed by atoms with van der Waals surface area (Å²) in [5, 5.41) is 9.18. The first-order chi connectivity index (χ1) is 5.70. The molecule has 1 N–H and O–H groups in total. The summed E-state index contributed by atoms with van der Waals surface area (Å²) >= 11 is 0. The summed E-state index contributed by atoms with van der Waals surface area (Å²) in [6, 6.07) is 10.3. The van der Waals surface area contributed by atoms with Crippen LogP contribution in [0.15, 0.2) is 30.3 Å². The van der Waals surface area contributed by atoms with Crippen molar-refractivity contribution in [3.05, 3.63) is 35.9 Å². The molecular formula is C11H16O. The van der Waals surface area contributed by atoms with E-state index in [0.29, 0.717) is 5.92 Å². The zero-order chi connectivity index (χ0) is 8.97. The Balaban J connectivity index is 2.59. The molecule has 0 fully saturated rings. The average Bonchev–Trinajstić information content (AvgIpc) is 2.05. The van der Waals surface area contributed by atoms with E-state index in [-0.39, 0.29) is 6.10 Å². The maximum atomic E-state index is 9.18. The predicted molar refractivity (Wildman–Crippen MR) is 51.2 cm³/mol. The summed E-state index contributed by atoms with van der Waals surface area (Å²) < 4.78 is 0. The van der Waals surface area contributed by atoms with Gasteiger partial charge in [-0.15, -0.1) is 0 Å². The second-order valence-corrected chi connectivity index (χ2v) is 3.40. The third-order valence-corrected chi connectivity index (χ3v) is 2.06. The molecule has 0 aliphatic carbocycles. The van der Waals surface area contributed by atoms with Gasteiger partial charge in [-0.05, 0) is 24.8 Å². The highest BCUT2D eigenvalue weighted by molar-refractivity contribution is 5.18. The molecule has 12 heavy (non-hydrogen) atoms. The Morgan fingerprint density at radius 2 is 1.75 bits per heavy atom. The van der Waals surface area contributed by atoms with Crippen LogP contribution >= 0.6 is 0 Å². The smallest absolute Gasteiger partial charge is 0.0517 e. The first kappa shape index (κ1) is 9.27. The molecule has 0 aliphatic rings. The van der Waals surface area contributed by atoms with Crippen LogP contribution in [-0.2, 0) is 0 Å². The number of rotatable bonds is 3. The van der Waals surface area contributed by atoms with Gasteiger partial charge in [0.15, 0.2) is 0 Å². The van der Waals surface area contributed by atoms with Crippen molar-refractivity contribution in [3.8, 4) is 0 Å². The fourth-order valence-electron chi connectivity index (χ4n) is 1.43. The van der Waals surface area contributed by atoms with Crippen molar-refractivity contribution in [3.63, 3.8) is 0 Å². The second kappa shape index (κ2) is 4.27. The molecule has 0 aliphatic heterocycles. The molecule has 1 nitrogen and oxygen atoms in total. The SMILES string of the molecule is CC(C[C@H](C)O)c1ccccc1. The molecule has 1 aromatic carbocycles. The van der Waals surface area contributed by atoms with E-state index in [2.05, 4.69) is 19.1 Å². The topological polar surface area (TPSA) is 20.2 Å². The monoisotopic (exact) mass is 164 g/mol. The van der Waals surface area contributed by atoms with E-state index in [1.54, 1.807) is 0 Å². The van der Waals surface area contributed by atoms with Gasteiger partial charge in [-0.1, -0.05) is 37.3 Å². The highest BCUT2D eigenvalue weighted by Crippen LogP contribution is 2.19. The maximum absolute atomic E-state index is 9.18. The van der Waals surface area contributed by atoms with Crippen molar-refractivity contribution in [2.24, 2.45) is 0 Å². The Morgan fingerprint density at radius 1 is 1.17 bits per heavy atom. The number of hydrogen-bond acceptors (Lipinski definition) is 1. The first-order valence-corrected chi connectivity index (χ1v) is 4.43. The molecule has 0 saturated heterocycles. The number of aliphatic hydroxyl groups is 1. The predicted octanol–water partition coefficient (Wildman–Crippen LogP) is 2.56. The minimum atomic E-state index is -0.208. The summed E-state index contributed by atoms with van der Waals surface area (Å²) in [5.41, 5.74) is 1.30. The van der Waals surface area contributed by atoms with Gasteiger partial charge >= 0.3 is 0 Å². The van der Waals surface area contributed by atoms with Crippen LogP contribution in [-0.4, -0.2) is 11.2 Å². The van der Waals surface area contributed by atoms with Gasteiger partial charge in [-0.3, -0.25) is 0 Å². The molecule has 1 unspecified atom stereocenters. The van der Waals surface area contributed by atoms with E-state index in [1.165, 1.54) is 5.56 Å². The summed E-state index contributed by atoms with van der Waals surface area (Å²) in [7, 11) is 0. The van der Waals surface area contributed by atoms with E-state index < -0.39 is 0 Å². The molecule has 0 bridgehead atoms. The van der Waals surface area contributed by atoms with Gasteiger partial charge in [0.2, 0.25) is 0 Å². The minimum absolute atomic E-state index is 0.208. The van der Waals surface area contributed by atoms with E-state index in [4.69, 9.17) is 0 Å². The van der Waals surface area contributed by atoms with Crippen LogP contribution in [0.3, 0.4) is 0 Å². The molecule has 0 heterocycles. The zero-order valence-corrected chi connectivity index (χ0v) is 7.70. The minimum Gasteiger partial charge on any atom is -0.393 e. The molecule has 0 radical (unpaired) electrons. The zero-order valence-electron chi connectivity index (χ0n) is 7.70. The third kappa shape index (κ3) is 2.67. The van der Waals surface area contributed by atoms with Gasteiger partial charge in [0.25, 0.3) is 0 Å². The fraction of sp³-hybridized carbons (Fsp3) is 0.455. The maximum Gasteiger partial charge on any atom is 0.0517 e. The van der Waals surface area contributed by atoms with Crippen LogP contribution in [0.4, 0.5) is 0 Å².